The molecule has 15 heavy (non-hydrogen) atoms. The summed E-state index contributed by atoms with van der Waals surface area (Å²) < 4.78 is 25.7. The summed E-state index contributed by atoms with van der Waals surface area (Å²) in [6.45, 7) is 7.18. The monoisotopic (exact) mass is 213 g/mol. The Morgan fingerprint density at radius 1 is 1.13 bits per heavy atom. The van der Waals surface area contributed by atoms with Crippen molar-refractivity contribution in [1.82, 2.24) is 4.98 Å². The maximum atomic E-state index is 12.9. The van der Waals surface area contributed by atoms with E-state index in [1.54, 1.807) is 6.07 Å². The van der Waals surface area contributed by atoms with E-state index in [0.29, 0.717) is 0 Å². The van der Waals surface area contributed by atoms with Gasteiger partial charge in [-0.25, -0.2) is 0 Å². The van der Waals surface area contributed by atoms with Crippen molar-refractivity contribution in [3.8, 4) is 0 Å². The van der Waals surface area contributed by atoms with E-state index in [1.807, 2.05) is 0 Å². The fourth-order valence-corrected chi connectivity index (χ4v) is 1.40. The zero-order valence-electron chi connectivity index (χ0n) is 9.64. The van der Waals surface area contributed by atoms with Gasteiger partial charge < -0.3 is 0 Å². The van der Waals surface area contributed by atoms with E-state index in [0.717, 1.165) is 18.9 Å². The SMILES string of the molecule is CC(C)(C)Cc1ccc(C(C)(F)F)nc1. The van der Waals surface area contributed by atoms with Crippen molar-refractivity contribution in [3.63, 3.8) is 0 Å². The first kappa shape index (κ1) is 12.1. The highest BCUT2D eigenvalue weighted by Crippen LogP contribution is 2.26. The second-order valence-electron chi connectivity index (χ2n) is 5.18. The van der Waals surface area contributed by atoms with Crippen LogP contribution >= 0.6 is 0 Å². The Morgan fingerprint density at radius 3 is 2.07 bits per heavy atom. The first-order valence-electron chi connectivity index (χ1n) is 5.02. The molecule has 0 N–H and O–H groups in total. The van der Waals surface area contributed by atoms with Gasteiger partial charge in [-0.2, -0.15) is 8.78 Å². The van der Waals surface area contributed by atoms with Gasteiger partial charge in [0.05, 0.1) is 0 Å². The molecule has 0 bridgehead atoms. The first-order chi connectivity index (χ1) is 6.68. The summed E-state index contributed by atoms with van der Waals surface area (Å²) in [6.07, 6.45) is 2.38. The third kappa shape index (κ3) is 3.94. The van der Waals surface area contributed by atoms with Crippen LogP contribution in [0.15, 0.2) is 18.3 Å². The molecule has 0 atom stereocenters. The van der Waals surface area contributed by atoms with Crippen molar-refractivity contribution < 1.29 is 8.78 Å². The molecule has 0 saturated carbocycles. The van der Waals surface area contributed by atoms with Gasteiger partial charge in [0.15, 0.2) is 0 Å². The minimum absolute atomic E-state index is 0.151. The van der Waals surface area contributed by atoms with Crippen LogP contribution in [0.5, 0.6) is 0 Å². The molecule has 0 aliphatic heterocycles. The molecule has 1 nitrogen and oxygen atoms in total. The molecule has 0 aliphatic rings. The van der Waals surface area contributed by atoms with Crippen LogP contribution in [0.3, 0.4) is 0 Å². The lowest BCUT2D eigenvalue weighted by molar-refractivity contribution is 0.0127. The van der Waals surface area contributed by atoms with Gasteiger partial charge in [0.25, 0.3) is 5.92 Å². The molecule has 0 saturated heterocycles. The largest absolute Gasteiger partial charge is 0.286 e. The fourth-order valence-electron chi connectivity index (χ4n) is 1.40. The van der Waals surface area contributed by atoms with Gasteiger partial charge >= 0.3 is 0 Å². The van der Waals surface area contributed by atoms with Crippen molar-refractivity contribution in [2.75, 3.05) is 0 Å². The highest BCUT2D eigenvalue weighted by atomic mass is 19.3. The number of rotatable bonds is 2. The zero-order chi connectivity index (χ0) is 11.7. The summed E-state index contributed by atoms with van der Waals surface area (Å²) in [7, 11) is 0. The maximum Gasteiger partial charge on any atom is 0.286 e. The number of nitrogens with zero attached hydrogens (tertiary/aromatic N) is 1. The molecular formula is C12H17F2N. The van der Waals surface area contributed by atoms with E-state index in [4.69, 9.17) is 0 Å². The van der Waals surface area contributed by atoms with Crippen LogP contribution < -0.4 is 0 Å². The molecule has 1 aromatic heterocycles. The number of halogens is 2. The van der Waals surface area contributed by atoms with E-state index in [-0.39, 0.29) is 11.1 Å². The van der Waals surface area contributed by atoms with Gasteiger partial charge in [0.2, 0.25) is 0 Å². The fraction of sp³-hybridized carbons (Fsp3) is 0.583. The van der Waals surface area contributed by atoms with Crippen LogP contribution in [-0.4, -0.2) is 4.98 Å². The Bertz CT molecular complexity index is 317. The van der Waals surface area contributed by atoms with Crippen LogP contribution in [0.4, 0.5) is 8.78 Å². The Kier molecular flexibility index (Phi) is 3.12. The minimum atomic E-state index is -2.85. The summed E-state index contributed by atoms with van der Waals surface area (Å²) in [5, 5.41) is 0. The molecule has 1 aromatic rings. The summed E-state index contributed by atoms with van der Waals surface area (Å²) in [5.74, 6) is -2.85. The second kappa shape index (κ2) is 3.87. The van der Waals surface area contributed by atoms with Crippen LogP contribution in [0, 0.1) is 5.41 Å². The van der Waals surface area contributed by atoms with Gasteiger partial charge in [-0.15, -0.1) is 0 Å². The molecule has 0 amide bonds. The molecule has 0 aliphatic carbocycles. The number of alkyl halides is 2. The van der Waals surface area contributed by atoms with Crippen LogP contribution in [-0.2, 0) is 12.3 Å². The highest BCUT2D eigenvalue weighted by Gasteiger charge is 2.25. The normalized spacial score (nSPS) is 12.9. The van der Waals surface area contributed by atoms with E-state index < -0.39 is 5.92 Å². The highest BCUT2D eigenvalue weighted by molar-refractivity contribution is 5.17. The Labute approximate surface area is 89.5 Å². The quantitative estimate of drug-likeness (QED) is 0.728. The second-order valence-corrected chi connectivity index (χ2v) is 5.18. The van der Waals surface area contributed by atoms with E-state index >= 15 is 0 Å². The lowest BCUT2D eigenvalue weighted by Gasteiger charge is -2.18. The van der Waals surface area contributed by atoms with Gasteiger partial charge in [-0.05, 0) is 23.5 Å². The Balaban J connectivity index is 2.82. The number of hydrogen-bond acceptors (Lipinski definition) is 1. The molecule has 1 rings (SSSR count). The summed E-state index contributed by atoms with van der Waals surface area (Å²) in [4.78, 5) is 3.78. The van der Waals surface area contributed by atoms with Crippen LogP contribution in [0.1, 0.15) is 39.0 Å². The predicted octanol–water partition coefficient (Wildman–Crippen LogP) is 3.78. The number of pyridine rings is 1. The van der Waals surface area contributed by atoms with Crippen molar-refractivity contribution in [1.29, 1.82) is 0 Å². The minimum Gasteiger partial charge on any atom is -0.255 e. The van der Waals surface area contributed by atoms with Crippen molar-refractivity contribution in [2.24, 2.45) is 5.41 Å². The summed E-state index contributed by atoms with van der Waals surface area (Å²) in [6, 6.07) is 3.13. The summed E-state index contributed by atoms with van der Waals surface area (Å²) in [5.41, 5.74) is 0.980. The van der Waals surface area contributed by atoms with Crippen LogP contribution in [0.25, 0.3) is 0 Å². The van der Waals surface area contributed by atoms with Crippen molar-refractivity contribution in [3.05, 3.63) is 29.6 Å². The standard InChI is InChI=1S/C12H17F2N/c1-11(2,3)7-9-5-6-10(15-8-9)12(4,13)14/h5-6,8H,7H2,1-4H3. The molecule has 0 aromatic carbocycles. The van der Waals surface area contributed by atoms with Crippen LogP contribution in [0.2, 0.25) is 0 Å². The van der Waals surface area contributed by atoms with E-state index in [2.05, 4.69) is 25.8 Å². The molecule has 3 heteroatoms. The third-order valence-electron chi connectivity index (χ3n) is 2.01. The third-order valence-corrected chi connectivity index (χ3v) is 2.01. The Hall–Kier alpha value is -0.990. The molecule has 84 valence electrons. The topological polar surface area (TPSA) is 12.9 Å². The van der Waals surface area contributed by atoms with Crippen molar-refractivity contribution in [2.45, 2.75) is 40.0 Å². The molecular weight excluding hydrogens is 196 g/mol. The average Bonchev–Trinajstić information content (AvgIpc) is 2.00. The van der Waals surface area contributed by atoms with Gasteiger partial charge in [0, 0.05) is 13.1 Å². The lowest BCUT2D eigenvalue weighted by Crippen LogP contribution is -2.12. The van der Waals surface area contributed by atoms with Gasteiger partial charge in [-0.3, -0.25) is 4.98 Å². The molecule has 0 radical (unpaired) electrons. The van der Waals surface area contributed by atoms with Gasteiger partial charge in [-0.1, -0.05) is 26.8 Å². The summed E-state index contributed by atoms with van der Waals surface area (Å²) >= 11 is 0. The smallest absolute Gasteiger partial charge is 0.255 e. The van der Waals surface area contributed by atoms with Crippen molar-refractivity contribution >= 4 is 0 Å². The maximum absolute atomic E-state index is 12.9. The van der Waals surface area contributed by atoms with E-state index in [9.17, 15) is 8.78 Å². The zero-order valence-corrected chi connectivity index (χ0v) is 9.64. The molecule has 0 spiro atoms. The van der Waals surface area contributed by atoms with Gasteiger partial charge in [0.1, 0.15) is 5.69 Å². The lowest BCUT2D eigenvalue weighted by atomic mass is 9.89. The Morgan fingerprint density at radius 2 is 1.73 bits per heavy atom. The predicted molar refractivity (Wildman–Crippen MR) is 57.0 cm³/mol. The van der Waals surface area contributed by atoms with E-state index in [1.165, 1.54) is 12.3 Å². The molecule has 0 fully saturated rings. The molecule has 0 unspecified atom stereocenters. The first-order valence-corrected chi connectivity index (χ1v) is 5.02. The number of aromatic nitrogens is 1. The number of hydrogen-bond donors (Lipinski definition) is 0. The molecule has 1 heterocycles. The average molecular weight is 213 g/mol.